The molecule has 0 radical (unpaired) electrons. The summed E-state index contributed by atoms with van der Waals surface area (Å²) in [5.41, 5.74) is 0.742. The van der Waals surface area contributed by atoms with Gasteiger partial charge in [-0.2, -0.15) is 0 Å². The van der Waals surface area contributed by atoms with Gasteiger partial charge in [0.15, 0.2) is 10.9 Å². The molecule has 0 aliphatic heterocycles. The standard InChI is InChI=1S/C11H10ClN3OS/c1-7-6-10(15-16-7)14-11(17)13-9-5-3-2-4-8(9)12/h2-6H,1H3,(H2,13,14,15,17). The Morgan fingerprint density at radius 2 is 2.12 bits per heavy atom. The molecule has 0 atom stereocenters. The number of nitrogens with zero attached hydrogens (tertiary/aromatic N) is 1. The molecule has 2 aromatic rings. The van der Waals surface area contributed by atoms with Crippen molar-refractivity contribution in [3.05, 3.63) is 41.1 Å². The number of rotatable bonds is 2. The van der Waals surface area contributed by atoms with Gasteiger partial charge in [0.25, 0.3) is 0 Å². The van der Waals surface area contributed by atoms with Crippen LogP contribution in [0.1, 0.15) is 5.76 Å². The predicted molar refractivity (Wildman–Crippen MR) is 72.5 cm³/mol. The highest BCUT2D eigenvalue weighted by Gasteiger charge is 2.04. The van der Waals surface area contributed by atoms with Crippen LogP contribution >= 0.6 is 23.8 Å². The van der Waals surface area contributed by atoms with Crippen molar-refractivity contribution in [3.8, 4) is 0 Å². The molecule has 2 rings (SSSR count). The molecular formula is C11H10ClN3OS. The summed E-state index contributed by atoms with van der Waals surface area (Å²) < 4.78 is 4.91. The van der Waals surface area contributed by atoms with Crippen LogP contribution in [0.5, 0.6) is 0 Å². The fraction of sp³-hybridized carbons (Fsp3) is 0.0909. The van der Waals surface area contributed by atoms with Crippen LogP contribution < -0.4 is 10.6 Å². The molecule has 0 spiro atoms. The molecule has 0 saturated carbocycles. The van der Waals surface area contributed by atoms with Crippen molar-refractivity contribution in [3.63, 3.8) is 0 Å². The van der Waals surface area contributed by atoms with E-state index in [1.807, 2.05) is 25.1 Å². The van der Waals surface area contributed by atoms with Gasteiger partial charge in [0.1, 0.15) is 5.76 Å². The molecule has 0 bridgehead atoms. The normalized spacial score (nSPS) is 10.0. The number of halogens is 1. The molecule has 0 saturated heterocycles. The Morgan fingerprint density at radius 3 is 2.76 bits per heavy atom. The number of hydrogen-bond donors (Lipinski definition) is 2. The summed E-state index contributed by atoms with van der Waals surface area (Å²) in [6, 6.07) is 9.10. The summed E-state index contributed by atoms with van der Waals surface area (Å²) in [7, 11) is 0. The third kappa shape index (κ3) is 3.18. The molecule has 0 amide bonds. The average Bonchev–Trinajstić information content (AvgIpc) is 2.67. The maximum Gasteiger partial charge on any atom is 0.176 e. The van der Waals surface area contributed by atoms with E-state index in [-0.39, 0.29) is 0 Å². The molecule has 17 heavy (non-hydrogen) atoms. The maximum absolute atomic E-state index is 5.99. The van der Waals surface area contributed by atoms with Gasteiger partial charge in [-0.1, -0.05) is 28.9 Å². The largest absolute Gasteiger partial charge is 0.360 e. The second-order valence-electron chi connectivity index (χ2n) is 3.38. The second kappa shape index (κ2) is 5.16. The molecule has 88 valence electrons. The molecule has 0 fully saturated rings. The first-order chi connectivity index (χ1) is 8.15. The lowest BCUT2D eigenvalue weighted by Crippen LogP contribution is -2.19. The predicted octanol–water partition coefficient (Wildman–Crippen LogP) is 3.45. The van der Waals surface area contributed by atoms with Gasteiger partial charge in [-0.05, 0) is 31.3 Å². The quantitative estimate of drug-likeness (QED) is 0.817. The molecule has 1 aromatic heterocycles. The Bertz CT molecular complexity index is 541. The van der Waals surface area contributed by atoms with Gasteiger partial charge in [-0.3, -0.25) is 0 Å². The molecule has 6 heteroatoms. The van der Waals surface area contributed by atoms with E-state index in [2.05, 4.69) is 15.8 Å². The van der Waals surface area contributed by atoms with Gasteiger partial charge in [0.2, 0.25) is 0 Å². The highest BCUT2D eigenvalue weighted by atomic mass is 35.5. The minimum absolute atomic E-state index is 0.409. The molecule has 0 aliphatic rings. The van der Waals surface area contributed by atoms with Crippen molar-refractivity contribution in [1.29, 1.82) is 0 Å². The average molecular weight is 268 g/mol. The third-order valence-corrected chi connectivity index (χ3v) is 2.53. The SMILES string of the molecule is Cc1cc(NC(=S)Nc2ccccc2Cl)no1. The number of para-hydroxylation sites is 1. The van der Waals surface area contributed by atoms with Crippen LogP contribution in [0.3, 0.4) is 0 Å². The molecule has 1 heterocycles. The highest BCUT2D eigenvalue weighted by molar-refractivity contribution is 7.80. The smallest absolute Gasteiger partial charge is 0.176 e. The Balaban J connectivity index is 2.01. The van der Waals surface area contributed by atoms with E-state index in [1.54, 1.807) is 12.1 Å². The molecule has 4 nitrogen and oxygen atoms in total. The first-order valence-corrected chi connectivity index (χ1v) is 5.69. The van der Waals surface area contributed by atoms with E-state index < -0.39 is 0 Å². The van der Waals surface area contributed by atoms with Crippen LogP contribution in [0, 0.1) is 6.92 Å². The first kappa shape index (κ1) is 11.9. The number of aromatic nitrogens is 1. The van der Waals surface area contributed by atoms with E-state index in [0.29, 0.717) is 21.7 Å². The van der Waals surface area contributed by atoms with Crippen LogP contribution in [0.4, 0.5) is 11.5 Å². The maximum atomic E-state index is 5.99. The number of nitrogens with one attached hydrogen (secondary N) is 2. The fourth-order valence-electron chi connectivity index (χ4n) is 1.26. The third-order valence-electron chi connectivity index (χ3n) is 1.99. The highest BCUT2D eigenvalue weighted by Crippen LogP contribution is 2.20. The molecule has 1 aromatic carbocycles. The van der Waals surface area contributed by atoms with Crippen molar-refractivity contribution in [1.82, 2.24) is 5.16 Å². The second-order valence-corrected chi connectivity index (χ2v) is 4.20. The monoisotopic (exact) mass is 267 g/mol. The molecule has 0 unspecified atom stereocenters. The Morgan fingerprint density at radius 1 is 1.35 bits per heavy atom. The Labute approximate surface area is 109 Å². The summed E-state index contributed by atoms with van der Waals surface area (Å²) >= 11 is 11.1. The van der Waals surface area contributed by atoms with Gasteiger partial charge in [0.05, 0.1) is 10.7 Å². The fourth-order valence-corrected chi connectivity index (χ4v) is 1.66. The lowest BCUT2D eigenvalue weighted by atomic mass is 10.3. The number of benzene rings is 1. The number of anilines is 2. The van der Waals surface area contributed by atoms with Gasteiger partial charge >= 0.3 is 0 Å². The van der Waals surface area contributed by atoms with Gasteiger partial charge < -0.3 is 15.2 Å². The van der Waals surface area contributed by atoms with Crippen molar-refractivity contribution in [2.75, 3.05) is 10.6 Å². The lowest BCUT2D eigenvalue weighted by Gasteiger charge is -2.09. The minimum atomic E-state index is 0.409. The summed E-state index contributed by atoms with van der Waals surface area (Å²) in [6.45, 7) is 1.81. The van der Waals surface area contributed by atoms with Crippen molar-refractivity contribution in [2.45, 2.75) is 6.92 Å². The van der Waals surface area contributed by atoms with E-state index in [1.165, 1.54) is 0 Å². The minimum Gasteiger partial charge on any atom is -0.360 e. The van der Waals surface area contributed by atoms with Crippen LogP contribution in [-0.2, 0) is 0 Å². The van der Waals surface area contributed by atoms with E-state index in [9.17, 15) is 0 Å². The summed E-state index contributed by atoms with van der Waals surface area (Å²) in [5.74, 6) is 1.28. The van der Waals surface area contributed by atoms with Crippen LogP contribution in [0.2, 0.25) is 5.02 Å². The van der Waals surface area contributed by atoms with Crippen molar-refractivity contribution < 1.29 is 4.52 Å². The van der Waals surface area contributed by atoms with Gasteiger partial charge in [-0.25, -0.2) is 0 Å². The van der Waals surface area contributed by atoms with Gasteiger partial charge in [-0.15, -0.1) is 0 Å². The number of thiocarbonyl (C=S) groups is 1. The lowest BCUT2D eigenvalue weighted by molar-refractivity contribution is 0.400. The zero-order valence-electron chi connectivity index (χ0n) is 9.03. The number of hydrogen-bond acceptors (Lipinski definition) is 3. The van der Waals surface area contributed by atoms with Crippen molar-refractivity contribution in [2.24, 2.45) is 0 Å². The summed E-state index contributed by atoms with van der Waals surface area (Å²) in [6.07, 6.45) is 0. The van der Waals surface area contributed by atoms with E-state index >= 15 is 0 Å². The van der Waals surface area contributed by atoms with E-state index in [0.717, 1.165) is 5.69 Å². The topological polar surface area (TPSA) is 50.1 Å². The van der Waals surface area contributed by atoms with Crippen LogP contribution in [0.15, 0.2) is 34.9 Å². The summed E-state index contributed by atoms with van der Waals surface area (Å²) in [5, 5.41) is 10.7. The van der Waals surface area contributed by atoms with E-state index in [4.69, 9.17) is 28.3 Å². The molecule has 0 aliphatic carbocycles. The Hall–Kier alpha value is -1.59. The zero-order chi connectivity index (χ0) is 12.3. The summed E-state index contributed by atoms with van der Waals surface area (Å²) in [4.78, 5) is 0. The van der Waals surface area contributed by atoms with Crippen LogP contribution in [0.25, 0.3) is 0 Å². The van der Waals surface area contributed by atoms with Gasteiger partial charge in [0, 0.05) is 6.07 Å². The number of aryl methyl sites for hydroxylation is 1. The zero-order valence-corrected chi connectivity index (χ0v) is 10.6. The Kier molecular flexibility index (Phi) is 3.61. The van der Waals surface area contributed by atoms with Crippen LogP contribution in [-0.4, -0.2) is 10.3 Å². The van der Waals surface area contributed by atoms with Crippen molar-refractivity contribution >= 4 is 40.4 Å². The first-order valence-electron chi connectivity index (χ1n) is 4.91. The molecule has 2 N–H and O–H groups in total. The molecular weight excluding hydrogens is 258 g/mol.